The summed E-state index contributed by atoms with van der Waals surface area (Å²) in [5.74, 6) is -1.02. The molecule has 0 saturated heterocycles. The number of imidazole rings is 1. The number of carbonyl (C=O) groups excluding carboxylic acids is 1. The van der Waals surface area contributed by atoms with E-state index in [-0.39, 0.29) is 19.7 Å². The monoisotopic (exact) mass is 301 g/mol. The van der Waals surface area contributed by atoms with E-state index >= 15 is 0 Å². The first-order chi connectivity index (χ1) is 9.38. The Labute approximate surface area is 118 Å². The second kappa shape index (κ2) is 5.53. The van der Waals surface area contributed by atoms with E-state index < -0.39 is 21.9 Å². The van der Waals surface area contributed by atoms with E-state index in [0.717, 1.165) is 11.9 Å². The fourth-order valence-electron chi connectivity index (χ4n) is 2.41. The van der Waals surface area contributed by atoms with Crippen LogP contribution in [0.3, 0.4) is 0 Å². The summed E-state index contributed by atoms with van der Waals surface area (Å²) >= 11 is 0. The SMILES string of the molecule is CCOC(=O)[C@H]1CN(S(C)(=O)=O)Cc2ncn(CC)c21. The fraction of sp³-hybridized carbons (Fsp3) is 0.667. The van der Waals surface area contributed by atoms with E-state index in [0.29, 0.717) is 12.2 Å². The van der Waals surface area contributed by atoms with Crippen molar-refractivity contribution in [1.29, 1.82) is 0 Å². The maximum Gasteiger partial charge on any atom is 0.316 e. The van der Waals surface area contributed by atoms with Crippen LogP contribution in [0.5, 0.6) is 0 Å². The molecule has 0 spiro atoms. The second-order valence-corrected chi connectivity index (χ2v) is 6.71. The lowest BCUT2D eigenvalue weighted by atomic mass is 10.00. The minimum absolute atomic E-state index is 0.107. The van der Waals surface area contributed by atoms with Crippen LogP contribution < -0.4 is 0 Å². The molecular weight excluding hydrogens is 282 g/mol. The van der Waals surface area contributed by atoms with Crippen molar-refractivity contribution >= 4 is 16.0 Å². The molecule has 112 valence electrons. The summed E-state index contributed by atoms with van der Waals surface area (Å²) in [5.41, 5.74) is 1.40. The first-order valence-corrected chi connectivity index (χ1v) is 8.39. The molecular formula is C12H19N3O4S. The Morgan fingerprint density at radius 3 is 2.75 bits per heavy atom. The van der Waals surface area contributed by atoms with Crippen LogP contribution in [0.25, 0.3) is 0 Å². The van der Waals surface area contributed by atoms with Gasteiger partial charge in [-0.3, -0.25) is 4.79 Å². The zero-order valence-electron chi connectivity index (χ0n) is 11.9. The molecule has 0 bridgehead atoms. The van der Waals surface area contributed by atoms with Crippen molar-refractivity contribution in [2.24, 2.45) is 0 Å². The summed E-state index contributed by atoms with van der Waals surface area (Å²) < 4.78 is 31.7. The molecule has 1 aliphatic heterocycles. The Balaban J connectivity index is 2.43. The number of sulfonamides is 1. The van der Waals surface area contributed by atoms with E-state index in [9.17, 15) is 13.2 Å². The Bertz CT molecular complexity index is 608. The molecule has 0 fully saturated rings. The Morgan fingerprint density at radius 2 is 2.20 bits per heavy atom. The zero-order chi connectivity index (χ0) is 14.9. The molecule has 1 aromatic heterocycles. The Kier molecular flexibility index (Phi) is 4.14. The van der Waals surface area contributed by atoms with E-state index in [2.05, 4.69) is 4.98 Å². The van der Waals surface area contributed by atoms with Gasteiger partial charge in [-0.2, -0.15) is 4.31 Å². The first kappa shape index (κ1) is 15.0. The number of hydrogen-bond donors (Lipinski definition) is 0. The zero-order valence-corrected chi connectivity index (χ0v) is 12.7. The summed E-state index contributed by atoms with van der Waals surface area (Å²) in [6, 6.07) is 0. The van der Waals surface area contributed by atoms with Crippen LogP contribution >= 0.6 is 0 Å². The second-order valence-electron chi connectivity index (χ2n) is 4.72. The number of ether oxygens (including phenoxy) is 1. The van der Waals surface area contributed by atoms with Crippen molar-refractivity contribution in [3.05, 3.63) is 17.7 Å². The van der Waals surface area contributed by atoms with Crippen LogP contribution in [0, 0.1) is 0 Å². The standard InChI is InChI=1S/C12H19N3O4S/c1-4-14-8-13-10-7-15(20(3,17)18)6-9(11(10)14)12(16)19-5-2/h8-9H,4-7H2,1-3H3/t9-/m0/s1. The molecule has 7 nitrogen and oxygen atoms in total. The quantitative estimate of drug-likeness (QED) is 0.748. The number of carbonyl (C=O) groups is 1. The predicted molar refractivity (Wildman–Crippen MR) is 72.5 cm³/mol. The van der Waals surface area contributed by atoms with Crippen molar-refractivity contribution in [3.8, 4) is 0 Å². The maximum absolute atomic E-state index is 12.1. The molecule has 2 heterocycles. The van der Waals surface area contributed by atoms with Crippen molar-refractivity contribution < 1.29 is 17.9 Å². The molecule has 0 saturated carbocycles. The molecule has 0 aromatic carbocycles. The van der Waals surface area contributed by atoms with E-state index in [4.69, 9.17) is 4.74 Å². The summed E-state index contributed by atoms with van der Waals surface area (Å²) in [4.78, 5) is 16.3. The first-order valence-electron chi connectivity index (χ1n) is 6.54. The van der Waals surface area contributed by atoms with E-state index in [1.165, 1.54) is 4.31 Å². The third-order valence-corrected chi connectivity index (χ3v) is 4.60. The highest BCUT2D eigenvalue weighted by atomic mass is 32.2. The molecule has 2 rings (SSSR count). The average molecular weight is 301 g/mol. The van der Waals surface area contributed by atoms with Gasteiger partial charge in [-0.25, -0.2) is 13.4 Å². The minimum Gasteiger partial charge on any atom is -0.465 e. The summed E-state index contributed by atoms with van der Waals surface area (Å²) in [7, 11) is -3.37. The lowest BCUT2D eigenvalue weighted by Gasteiger charge is -2.30. The summed E-state index contributed by atoms with van der Waals surface area (Å²) in [6.45, 7) is 4.94. The molecule has 0 unspecified atom stereocenters. The van der Waals surface area contributed by atoms with Gasteiger partial charge in [0, 0.05) is 13.1 Å². The number of rotatable bonds is 4. The van der Waals surface area contributed by atoms with Crippen LogP contribution in [0.1, 0.15) is 31.2 Å². The van der Waals surface area contributed by atoms with Crippen LogP contribution in [0.2, 0.25) is 0 Å². The summed E-state index contributed by atoms with van der Waals surface area (Å²) in [6.07, 6.45) is 2.78. The lowest BCUT2D eigenvalue weighted by molar-refractivity contribution is -0.145. The molecule has 20 heavy (non-hydrogen) atoms. The molecule has 0 radical (unpaired) electrons. The number of nitrogens with zero attached hydrogens (tertiary/aromatic N) is 3. The van der Waals surface area contributed by atoms with Crippen LogP contribution in [0.4, 0.5) is 0 Å². The highest BCUT2D eigenvalue weighted by Gasteiger charge is 2.38. The van der Waals surface area contributed by atoms with E-state index in [1.807, 2.05) is 11.5 Å². The Morgan fingerprint density at radius 1 is 1.50 bits per heavy atom. The van der Waals surface area contributed by atoms with Gasteiger partial charge in [0.2, 0.25) is 10.0 Å². The van der Waals surface area contributed by atoms with Gasteiger partial charge in [-0.15, -0.1) is 0 Å². The van der Waals surface area contributed by atoms with Gasteiger partial charge in [0.25, 0.3) is 0 Å². The fourth-order valence-corrected chi connectivity index (χ4v) is 3.19. The van der Waals surface area contributed by atoms with Crippen molar-refractivity contribution in [2.45, 2.75) is 32.9 Å². The van der Waals surface area contributed by atoms with Crippen LogP contribution in [-0.4, -0.2) is 47.7 Å². The van der Waals surface area contributed by atoms with Crippen LogP contribution in [-0.2, 0) is 32.6 Å². The van der Waals surface area contributed by atoms with Gasteiger partial charge in [0.1, 0.15) is 5.92 Å². The predicted octanol–water partition coefficient (Wildman–Crippen LogP) is 0.325. The van der Waals surface area contributed by atoms with Gasteiger partial charge in [0.15, 0.2) is 0 Å². The number of aryl methyl sites for hydroxylation is 1. The van der Waals surface area contributed by atoms with Gasteiger partial charge in [-0.05, 0) is 13.8 Å². The smallest absolute Gasteiger partial charge is 0.316 e. The molecule has 1 aliphatic rings. The average Bonchev–Trinajstić information content (AvgIpc) is 2.79. The number of fused-ring (bicyclic) bond motifs is 1. The Hall–Kier alpha value is -1.41. The van der Waals surface area contributed by atoms with E-state index in [1.54, 1.807) is 13.3 Å². The normalized spacial score (nSPS) is 19.6. The number of hydrogen-bond acceptors (Lipinski definition) is 5. The third-order valence-electron chi connectivity index (χ3n) is 3.38. The lowest BCUT2D eigenvalue weighted by Crippen LogP contribution is -2.41. The molecule has 1 aromatic rings. The van der Waals surface area contributed by atoms with Crippen molar-refractivity contribution in [3.63, 3.8) is 0 Å². The number of esters is 1. The molecule has 1 atom stereocenters. The molecule has 0 aliphatic carbocycles. The molecule has 0 N–H and O–H groups in total. The van der Waals surface area contributed by atoms with Gasteiger partial charge < -0.3 is 9.30 Å². The summed E-state index contributed by atoms with van der Waals surface area (Å²) in [5, 5.41) is 0. The highest BCUT2D eigenvalue weighted by Crippen LogP contribution is 2.30. The van der Waals surface area contributed by atoms with Gasteiger partial charge >= 0.3 is 5.97 Å². The number of aromatic nitrogens is 2. The maximum atomic E-state index is 12.1. The van der Waals surface area contributed by atoms with Gasteiger partial charge in [0.05, 0.1) is 37.1 Å². The van der Waals surface area contributed by atoms with Crippen molar-refractivity contribution in [2.75, 3.05) is 19.4 Å². The molecule has 0 amide bonds. The topological polar surface area (TPSA) is 81.5 Å². The highest BCUT2D eigenvalue weighted by molar-refractivity contribution is 7.88. The van der Waals surface area contributed by atoms with Gasteiger partial charge in [-0.1, -0.05) is 0 Å². The minimum atomic E-state index is -3.37. The van der Waals surface area contributed by atoms with Crippen molar-refractivity contribution in [1.82, 2.24) is 13.9 Å². The van der Waals surface area contributed by atoms with Crippen LogP contribution in [0.15, 0.2) is 6.33 Å². The third kappa shape index (κ3) is 2.71. The molecule has 8 heteroatoms. The largest absolute Gasteiger partial charge is 0.465 e.